The van der Waals surface area contributed by atoms with Crippen molar-refractivity contribution in [3.05, 3.63) is 0 Å². The summed E-state index contributed by atoms with van der Waals surface area (Å²) in [6.45, 7) is 8.68. The molecule has 0 aromatic heterocycles. The van der Waals surface area contributed by atoms with Crippen molar-refractivity contribution >= 4 is 24.4 Å². The van der Waals surface area contributed by atoms with E-state index in [1.54, 1.807) is 30.7 Å². The molecule has 1 fully saturated rings. The molecule has 1 rings (SSSR count). The Balaban J connectivity index is 2.91. The van der Waals surface area contributed by atoms with Gasteiger partial charge in [0.2, 0.25) is 11.8 Å². The lowest BCUT2D eigenvalue weighted by Crippen LogP contribution is -2.65. The first-order valence-electron chi connectivity index (χ1n) is 5.94. The normalized spacial score (nSPS) is 21.9. The van der Waals surface area contributed by atoms with Crippen molar-refractivity contribution in [1.82, 2.24) is 9.80 Å². The fraction of sp³-hybridized carbons (Fsp3) is 0.833. The van der Waals surface area contributed by atoms with E-state index in [9.17, 15) is 9.59 Å². The maximum Gasteiger partial charge on any atom is 0.247 e. The monoisotopic (exact) mass is 258 g/mol. The minimum absolute atomic E-state index is 0.0126. The van der Waals surface area contributed by atoms with E-state index in [2.05, 4.69) is 12.6 Å². The van der Waals surface area contributed by atoms with Crippen LogP contribution in [0, 0.1) is 5.92 Å². The van der Waals surface area contributed by atoms with Crippen LogP contribution in [0.3, 0.4) is 0 Å². The largest absolute Gasteiger partial charge is 0.342 e. The second-order valence-corrected chi connectivity index (χ2v) is 6.02. The quantitative estimate of drug-likeness (QED) is 0.751. The van der Waals surface area contributed by atoms with E-state index in [0.717, 1.165) is 0 Å². The van der Waals surface area contributed by atoms with Crippen molar-refractivity contribution in [2.45, 2.75) is 38.5 Å². The van der Waals surface area contributed by atoms with Crippen LogP contribution in [0.2, 0.25) is 0 Å². The van der Waals surface area contributed by atoms with E-state index in [1.807, 2.05) is 13.8 Å². The lowest BCUT2D eigenvalue weighted by Gasteiger charge is -2.45. The average Bonchev–Trinajstić information content (AvgIpc) is 2.24. The summed E-state index contributed by atoms with van der Waals surface area (Å²) in [5.41, 5.74) is -0.764. The molecule has 98 valence electrons. The molecule has 0 aromatic carbocycles. The van der Waals surface area contributed by atoms with Crippen molar-refractivity contribution in [2.75, 3.05) is 20.1 Å². The molecule has 4 nitrogen and oxygen atoms in total. The summed E-state index contributed by atoms with van der Waals surface area (Å²) in [7, 11) is 1.77. The van der Waals surface area contributed by atoms with Crippen LogP contribution < -0.4 is 0 Å². The van der Waals surface area contributed by atoms with Crippen LogP contribution in [0.15, 0.2) is 0 Å². The molecule has 5 heteroatoms. The molecule has 0 saturated carbocycles. The fourth-order valence-corrected chi connectivity index (χ4v) is 2.18. The van der Waals surface area contributed by atoms with Crippen LogP contribution >= 0.6 is 12.6 Å². The van der Waals surface area contributed by atoms with Gasteiger partial charge in [-0.1, -0.05) is 13.8 Å². The maximum atomic E-state index is 12.3. The highest BCUT2D eigenvalue weighted by Gasteiger charge is 2.44. The number of hydrogen-bond donors (Lipinski definition) is 1. The number of carbonyl (C=O) groups is 2. The minimum atomic E-state index is -0.764. The van der Waals surface area contributed by atoms with Crippen LogP contribution in [0.25, 0.3) is 0 Å². The second kappa shape index (κ2) is 4.88. The first-order valence-corrected chi connectivity index (χ1v) is 6.46. The molecule has 2 amide bonds. The zero-order valence-corrected chi connectivity index (χ0v) is 12.1. The number of rotatable bonds is 2. The van der Waals surface area contributed by atoms with E-state index in [1.165, 1.54) is 0 Å². The predicted molar refractivity (Wildman–Crippen MR) is 71.0 cm³/mol. The van der Waals surface area contributed by atoms with E-state index < -0.39 is 5.54 Å². The van der Waals surface area contributed by atoms with Crippen molar-refractivity contribution in [3.63, 3.8) is 0 Å². The topological polar surface area (TPSA) is 40.6 Å². The summed E-state index contributed by atoms with van der Waals surface area (Å²) >= 11 is 4.34. The Kier molecular flexibility index (Phi) is 4.12. The van der Waals surface area contributed by atoms with Crippen molar-refractivity contribution in [3.8, 4) is 0 Å². The smallest absolute Gasteiger partial charge is 0.247 e. The molecule has 0 radical (unpaired) electrons. The molecule has 0 N–H and O–H groups in total. The number of thiol groups is 1. The molecule has 17 heavy (non-hydrogen) atoms. The molecule has 1 heterocycles. The highest BCUT2D eigenvalue weighted by Crippen LogP contribution is 2.25. The number of amides is 2. The summed E-state index contributed by atoms with van der Waals surface area (Å²) in [6, 6.07) is 0. The van der Waals surface area contributed by atoms with Gasteiger partial charge in [-0.25, -0.2) is 0 Å². The summed E-state index contributed by atoms with van der Waals surface area (Å²) in [6.07, 6.45) is 0. The van der Waals surface area contributed by atoms with Gasteiger partial charge in [0.15, 0.2) is 0 Å². The molecule has 1 saturated heterocycles. The zero-order chi connectivity index (χ0) is 13.4. The summed E-state index contributed by atoms with van der Waals surface area (Å²) in [5.74, 6) is 0.104. The zero-order valence-electron chi connectivity index (χ0n) is 11.2. The Morgan fingerprint density at radius 3 is 2.35 bits per heavy atom. The SMILES string of the molecule is CC(C)C(S)C(=O)N1CCN(C)C(=O)C1(C)C. The van der Waals surface area contributed by atoms with Crippen molar-refractivity contribution < 1.29 is 9.59 Å². The molecule has 1 unspecified atom stereocenters. The summed E-state index contributed by atoms with van der Waals surface area (Å²) in [5, 5.41) is -0.342. The number of carbonyl (C=O) groups excluding carboxylic acids is 2. The second-order valence-electron chi connectivity index (χ2n) is 5.46. The standard InChI is InChI=1S/C12H22N2O2S/c1-8(2)9(17)10(15)14-7-6-13(5)11(16)12(14,3)4/h8-9,17H,6-7H2,1-5H3. The van der Waals surface area contributed by atoms with Gasteiger partial charge in [0.05, 0.1) is 5.25 Å². The maximum absolute atomic E-state index is 12.3. The third kappa shape index (κ3) is 2.59. The first kappa shape index (κ1) is 14.4. The van der Waals surface area contributed by atoms with E-state index >= 15 is 0 Å². The van der Waals surface area contributed by atoms with Gasteiger partial charge in [-0.2, -0.15) is 12.6 Å². The Labute approximate surface area is 109 Å². The van der Waals surface area contributed by atoms with Gasteiger partial charge in [0.25, 0.3) is 0 Å². The third-order valence-electron chi connectivity index (χ3n) is 3.35. The van der Waals surface area contributed by atoms with E-state index in [-0.39, 0.29) is 23.0 Å². The number of hydrogen-bond acceptors (Lipinski definition) is 3. The third-order valence-corrected chi connectivity index (χ3v) is 4.17. The summed E-state index contributed by atoms with van der Waals surface area (Å²) in [4.78, 5) is 27.7. The van der Waals surface area contributed by atoms with Gasteiger partial charge in [-0.3, -0.25) is 9.59 Å². The molecule has 0 spiro atoms. The molecule has 1 aliphatic rings. The van der Waals surface area contributed by atoms with Crippen LogP contribution in [-0.2, 0) is 9.59 Å². The first-order chi connectivity index (χ1) is 7.69. The van der Waals surface area contributed by atoms with Gasteiger partial charge in [-0.05, 0) is 19.8 Å². The molecule has 1 aliphatic heterocycles. The van der Waals surface area contributed by atoms with Gasteiger partial charge >= 0.3 is 0 Å². The number of likely N-dealkylation sites (N-methyl/N-ethyl adjacent to an activating group) is 1. The highest BCUT2D eigenvalue weighted by atomic mass is 32.1. The van der Waals surface area contributed by atoms with Crippen molar-refractivity contribution in [2.24, 2.45) is 5.92 Å². The molecule has 0 bridgehead atoms. The highest BCUT2D eigenvalue weighted by molar-refractivity contribution is 7.81. The molecule has 1 atom stereocenters. The molecule has 0 aromatic rings. The van der Waals surface area contributed by atoms with E-state index in [4.69, 9.17) is 0 Å². The predicted octanol–water partition coefficient (Wildman–Crippen LogP) is 1.02. The van der Waals surface area contributed by atoms with Gasteiger partial charge in [-0.15, -0.1) is 0 Å². The van der Waals surface area contributed by atoms with Crippen LogP contribution in [-0.4, -0.2) is 52.5 Å². The molecule has 0 aliphatic carbocycles. The minimum Gasteiger partial charge on any atom is -0.342 e. The van der Waals surface area contributed by atoms with Crippen LogP contribution in [0.4, 0.5) is 0 Å². The Morgan fingerprint density at radius 1 is 1.35 bits per heavy atom. The molecular formula is C12H22N2O2S. The number of piperazine rings is 1. The number of nitrogens with zero attached hydrogens (tertiary/aromatic N) is 2. The average molecular weight is 258 g/mol. The van der Waals surface area contributed by atoms with Crippen molar-refractivity contribution in [1.29, 1.82) is 0 Å². The Morgan fingerprint density at radius 2 is 1.88 bits per heavy atom. The van der Waals surface area contributed by atoms with Gasteiger partial charge < -0.3 is 9.80 Å². The Bertz CT molecular complexity index is 328. The Hall–Kier alpha value is -0.710. The lowest BCUT2D eigenvalue weighted by molar-refractivity contribution is -0.157. The van der Waals surface area contributed by atoms with Crippen LogP contribution in [0.1, 0.15) is 27.7 Å². The van der Waals surface area contributed by atoms with E-state index in [0.29, 0.717) is 13.1 Å². The fourth-order valence-electron chi connectivity index (χ4n) is 2.04. The summed E-state index contributed by atoms with van der Waals surface area (Å²) < 4.78 is 0. The van der Waals surface area contributed by atoms with Gasteiger partial charge in [0, 0.05) is 20.1 Å². The molecular weight excluding hydrogens is 236 g/mol. The van der Waals surface area contributed by atoms with Gasteiger partial charge in [0.1, 0.15) is 5.54 Å². The van der Waals surface area contributed by atoms with Crippen LogP contribution in [0.5, 0.6) is 0 Å². The lowest BCUT2D eigenvalue weighted by atomic mass is 9.96.